The Labute approximate surface area is 341 Å². The minimum atomic E-state index is -2.01. The fourth-order valence-electron chi connectivity index (χ4n) is 7.23. The smallest absolute Gasteiger partial charge is 0.548 e. The summed E-state index contributed by atoms with van der Waals surface area (Å²) in [5.41, 5.74) is 2.93. The number of benzene rings is 6. The van der Waals surface area contributed by atoms with Gasteiger partial charge in [-0.05, 0) is 75.7 Å². The maximum Gasteiger partial charge on any atom is 1.00 e. The van der Waals surface area contributed by atoms with Gasteiger partial charge in [0.05, 0.1) is 5.97 Å². The van der Waals surface area contributed by atoms with E-state index in [9.17, 15) is 33.4 Å². The number of aliphatic hydroxyl groups is 1. The molecular formula is C46H37F2LiN2O6. The molecule has 0 aromatic heterocycles. The second-order valence-corrected chi connectivity index (χ2v) is 13.7. The van der Waals surface area contributed by atoms with Crippen molar-refractivity contribution in [1.82, 2.24) is 9.80 Å². The second kappa shape index (κ2) is 17.4. The van der Waals surface area contributed by atoms with Crippen LogP contribution in [0.3, 0.4) is 0 Å². The number of carboxylic acid groups (broad SMARTS) is 1. The number of aliphatic carboxylic acids is 1. The molecule has 6 aromatic carbocycles. The van der Waals surface area contributed by atoms with Gasteiger partial charge in [-0.3, -0.25) is 0 Å². The number of hydrogen-bond acceptors (Lipinski definition) is 6. The van der Waals surface area contributed by atoms with Crippen molar-refractivity contribution >= 4 is 18.0 Å². The molecule has 0 saturated carbocycles. The van der Waals surface area contributed by atoms with Crippen LogP contribution in [0.2, 0.25) is 0 Å². The molecule has 1 aliphatic heterocycles. The number of ether oxygens (including phenoxy) is 1. The van der Waals surface area contributed by atoms with Gasteiger partial charge in [-0.15, -0.1) is 0 Å². The van der Waals surface area contributed by atoms with Crippen LogP contribution in [0.4, 0.5) is 13.6 Å². The Morgan fingerprint density at radius 1 is 0.632 bits per heavy atom. The third kappa shape index (κ3) is 8.54. The topological polar surface area (TPSA) is 110 Å². The van der Waals surface area contributed by atoms with Crippen LogP contribution in [0.5, 0.6) is 0 Å². The molecule has 11 heteroatoms. The average molecular weight is 759 g/mol. The minimum absolute atomic E-state index is 0. The number of halogens is 2. The van der Waals surface area contributed by atoms with Crippen LogP contribution < -0.4 is 24.0 Å². The van der Waals surface area contributed by atoms with Gasteiger partial charge in [0.25, 0.3) is 0 Å². The molecule has 0 bridgehead atoms. The molecule has 6 aromatic rings. The molecule has 0 unspecified atom stereocenters. The van der Waals surface area contributed by atoms with Gasteiger partial charge in [-0.1, -0.05) is 133 Å². The van der Waals surface area contributed by atoms with Crippen LogP contribution in [0.1, 0.15) is 29.2 Å². The summed E-state index contributed by atoms with van der Waals surface area (Å²) in [4.78, 5) is 43.7. The predicted molar refractivity (Wildman–Crippen MR) is 204 cm³/mol. The Morgan fingerprint density at radius 2 is 0.982 bits per heavy atom. The number of hydrogen-bond donors (Lipinski definition) is 1. The molecule has 2 amide bonds. The van der Waals surface area contributed by atoms with Gasteiger partial charge < -0.3 is 29.5 Å². The number of carbonyl (C=O) groups excluding carboxylic acids is 3. The Hall–Kier alpha value is -6.05. The summed E-state index contributed by atoms with van der Waals surface area (Å²) in [6, 6.07) is 39.2. The third-order valence-corrected chi connectivity index (χ3v) is 10.2. The molecule has 1 fully saturated rings. The van der Waals surface area contributed by atoms with Crippen molar-refractivity contribution in [2.24, 2.45) is 0 Å². The molecule has 1 aliphatic rings. The minimum Gasteiger partial charge on any atom is -0.548 e. The van der Waals surface area contributed by atoms with Crippen LogP contribution in [0, 0.1) is 11.6 Å². The number of rotatable bonds is 12. The summed E-state index contributed by atoms with van der Waals surface area (Å²) in [6.45, 7) is 1.30. The van der Waals surface area contributed by atoms with Crippen molar-refractivity contribution in [3.05, 3.63) is 192 Å². The SMILES string of the molecule is C[C@H](OC(=O)[C@H]1[C@@H](C(=O)[O-])N(Cc2ccccc2)C(=O)N1Cc1ccccc1)C(O)(c1ccc(-c2ccc(F)cc2)cc1)c1ccc(-c2ccc(F)cc2)cc1.[Li+]. The van der Waals surface area contributed by atoms with E-state index in [2.05, 4.69) is 0 Å². The van der Waals surface area contributed by atoms with Gasteiger partial charge in [0.2, 0.25) is 0 Å². The standard InChI is InChI=1S/C46H38F2N2O6.Li/c1-30(56-44(53)42-41(43(51)52)49(28-31-8-4-2-5-9-31)45(54)50(42)29-32-10-6-3-7-11-32)46(55,37-20-12-33(13-21-37)35-16-24-39(47)25-17-35)38-22-14-34(15-23-38)36-18-26-40(48)27-19-36;/h2-27,30,41-42,55H,28-29H2,1H3,(H,51,52);/q;+1/p-1/t30-,41-,42+;/m0./s1. The molecule has 1 heterocycles. The quantitative estimate of drug-likeness (QED) is 0.149. The molecule has 1 saturated heterocycles. The molecule has 0 radical (unpaired) electrons. The summed E-state index contributed by atoms with van der Waals surface area (Å²) < 4.78 is 33.4. The molecule has 0 spiro atoms. The van der Waals surface area contributed by atoms with Crippen molar-refractivity contribution in [2.45, 2.75) is 43.8 Å². The fourth-order valence-corrected chi connectivity index (χ4v) is 7.23. The third-order valence-electron chi connectivity index (χ3n) is 10.2. The zero-order valence-corrected chi connectivity index (χ0v) is 31.3. The van der Waals surface area contributed by atoms with E-state index in [1.54, 1.807) is 133 Å². The molecule has 282 valence electrons. The average Bonchev–Trinajstić information content (AvgIpc) is 3.49. The fraction of sp³-hybridized carbons (Fsp3) is 0.152. The van der Waals surface area contributed by atoms with Gasteiger partial charge >= 0.3 is 30.9 Å². The van der Waals surface area contributed by atoms with E-state index >= 15 is 0 Å². The van der Waals surface area contributed by atoms with Crippen molar-refractivity contribution in [1.29, 1.82) is 0 Å². The van der Waals surface area contributed by atoms with E-state index in [0.717, 1.165) is 27.2 Å². The maximum atomic E-state index is 14.5. The Balaban J connectivity index is 0.00000549. The van der Waals surface area contributed by atoms with E-state index in [-0.39, 0.29) is 43.6 Å². The maximum absolute atomic E-state index is 14.5. The van der Waals surface area contributed by atoms with Crippen molar-refractivity contribution in [3.8, 4) is 22.3 Å². The number of carboxylic acids is 1. The predicted octanol–water partition coefficient (Wildman–Crippen LogP) is 4.10. The molecule has 3 atom stereocenters. The number of nitrogens with zero attached hydrogens (tertiary/aromatic N) is 2. The monoisotopic (exact) mass is 758 g/mol. The largest absolute Gasteiger partial charge is 1.00 e. The Morgan fingerprint density at radius 3 is 1.35 bits per heavy atom. The number of esters is 1. The first-order chi connectivity index (χ1) is 27.0. The summed E-state index contributed by atoms with van der Waals surface area (Å²) >= 11 is 0. The van der Waals surface area contributed by atoms with E-state index in [1.165, 1.54) is 36.1 Å². The van der Waals surface area contributed by atoms with E-state index in [0.29, 0.717) is 22.3 Å². The molecular weight excluding hydrogens is 721 g/mol. The molecule has 57 heavy (non-hydrogen) atoms. The number of urea groups is 1. The zero-order valence-electron chi connectivity index (χ0n) is 31.3. The number of carbonyl (C=O) groups is 3. The Kier molecular flexibility index (Phi) is 12.4. The van der Waals surface area contributed by atoms with Crippen molar-refractivity contribution in [3.63, 3.8) is 0 Å². The van der Waals surface area contributed by atoms with Crippen molar-refractivity contribution in [2.75, 3.05) is 0 Å². The zero-order chi connectivity index (χ0) is 39.4. The van der Waals surface area contributed by atoms with Crippen LogP contribution in [-0.4, -0.2) is 51.1 Å². The molecule has 0 aliphatic carbocycles. The summed E-state index contributed by atoms with van der Waals surface area (Å²) in [5, 5.41) is 25.7. The summed E-state index contributed by atoms with van der Waals surface area (Å²) in [5.74, 6) is -3.44. The van der Waals surface area contributed by atoms with Gasteiger partial charge in [0.15, 0.2) is 11.6 Å². The first-order valence-corrected chi connectivity index (χ1v) is 18.0. The molecule has 1 N–H and O–H groups in total. The van der Waals surface area contributed by atoms with E-state index in [4.69, 9.17) is 4.74 Å². The van der Waals surface area contributed by atoms with Crippen molar-refractivity contribution < 1.29 is 57.0 Å². The normalized spacial score (nSPS) is 15.8. The van der Waals surface area contributed by atoms with Crippen LogP contribution in [0.15, 0.2) is 158 Å². The summed E-state index contributed by atoms with van der Waals surface area (Å²) in [6.07, 6.45) is -1.34. The van der Waals surface area contributed by atoms with Gasteiger partial charge in [-0.25, -0.2) is 18.4 Å². The van der Waals surface area contributed by atoms with E-state index in [1.807, 2.05) is 0 Å². The van der Waals surface area contributed by atoms with Gasteiger partial charge in [-0.2, -0.15) is 0 Å². The van der Waals surface area contributed by atoms with Crippen LogP contribution in [0.25, 0.3) is 22.3 Å². The van der Waals surface area contributed by atoms with Gasteiger partial charge in [0, 0.05) is 13.1 Å². The summed E-state index contributed by atoms with van der Waals surface area (Å²) in [7, 11) is 0. The molecule has 7 rings (SSSR count). The second-order valence-electron chi connectivity index (χ2n) is 13.7. The number of amides is 2. The first-order valence-electron chi connectivity index (χ1n) is 18.0. The van der Waals surface area contributed by atoms with Crippen LogP contribution >= 0.6 is 0 Å². The Bertz CT molecular complexity index is 2220. The first kappa shape index (κ1) is 40.6. The van der Waals surface area contributed by atoms with Gasteiger partial charge in [0.1, 0.15) is 23.8 Å². The van der Waals surface area contributed by atoms with Crippen LogP contribution in [-0.2, 0) is 33.0 Å². The molecule has 8 nitrogen and oxygen atoms in total. The van der Waals surface area contributed by atoms with E-state index < -0.39 is 41.8 Å².